The van der Waals surface area contributed by atoms with E-state index in [1.165, 1.54) is 27.9 Å². The smallest absolute Gasteiger partial charge is 0.266 e. The highest BCUT2D eigenvalue weighted by Crippen LogP contribution is 2.36. The summed E-state index contributed by atoms with van der Waals surface area (Å²) in [4.78, 5) is 34.3. The third kappa shape index (κ3) is 4.33. The zero-order valence-electron chi connectivity index (χ0n) is 17.4. The highest BCUT2D eigenvalue weighted by molar-refractivity contribution is 8.26. The number of fused-ring (bicyclic) bond motifs is 1. The molecule has 0 saturated carbocycles. The number of amides is 1. The van der Waals surface area contributed by atoms with E-state index in [1.807, 2.05) is 63.2 Å². The average Bonchev–Trinajstić information content (AvgIpc) is 3.04. The molecule has 0 bridgehead atoms. The summed E-state index contributed by atoms with van der Waals surface area (Å²) < 4.78 is 2.05. The van der Waals surface area contributed by atoms with Gasteiger partial charge < -0.3 is 0 Å². The van der Waals surface area contributed by atoms with Crippen molar-refractivity contribution in [2.75, 3.05) is 0 Å². The van der Waals surface area contributed by atoms with Gasteiger partial charge in [-0.15, -0.1) is 0 Å². The summed E-state index contributed by atoms with van der Waals surface area (Å²) in [5.41, 5.74) is 1.70. The fraction of sp³-hybridized carbons (Fsp3) is 0.217. The van der Waals surface area contributed by atoms with Crippen LogP contribution in [-0.2, 0) is 4.79 Å². The molecule has 5 nitrogen and oxygen atoms in total. The molecule has 1 aliphatic heterocycles. The van der Waals surface area contributed by atoms with Gasteiger partial charge in [0.15, 0.2) is 0 Å². The molecule has 4 rings (SSSR count). The van der Waals surface area contributed by atoms with E-state index in [2.05, 4.69) is 0 Å². The SMILES string of the molecule is CCC(C)N1C(=O)C(=Cc2c(Sc3ccccc3)nc3ccc(C)cn3c2=O)SC1=S. The molecule has 31 heavy (non-hydrogen) atoms. The molecule has 1 fully saturated rings. The van der Waals surface area contributed by atoms with Gasteiger partial charge in [0, 0.05) is 17.1 Å². The van der Waals surface area contributed by atoms with Crippen LogP contribution in [0.5, 0.6) is 0 Å². The van der Waals surface area contributed by atoms with Gasteiger partial charge in [0.2, 0.25) is 0 Å². The quantitative estimate of drug-likeness (QED) is 0.294. The zero-order valence-corrected chi connectivity index (χ0v) is 19.8. The lowest BCUT2D eigenvalue weighted by Crippen LogP contribution is -2.36. The number of hydrogen-bond acceptors (Lipinski definition) is 6. The standard InChI is InChI=1S/C23H21N3O2S3/c1-4-15(3)26-22(28)18(31-23(26)29)12-17-20(30-16-8-6-5-7-9-16)24-19-11-10-14(2)13-25(19)21(17)27/h5-13,15H,4H2,1-3H3. The summed E-state index contributed by atoms with van der Waals surface area (Å²) in [6.07, 6.45) is 4.22. The largest absolute Gasteiger partial charge is 0.290 e. The molecule has 1 atom stereocenters. The Kier molecular flexibility index (Phi) is 6.31. The van der Waals surface area contributed by atoms with Gasteiger partial charge in [-0.2, -0.15) is 0 Å². The minimum atomic E-state index is -0.207. The number of aromatic nitrogens is 2. The van der Waals surface area contributed by atoms with Gasteiger partial charge in [-0.3, -0.25) is 18.9 Å². The third-order valence-electron chi connectivity index (χ3n) is 5.06. The first kappa shape index (κ1) is 21.8. The predicted molar refractivity (Wildman–Crippen MR) is 132 cm³/mol. The molecule has 3 heterocycles. The van der Waals surface area contributed by atoms with Crippen molar-refractivity contribution in [1.29, 1.82) is 0 Å². The molecule has 158 valence electrons. The van der Waals surface area contributed by atoms with Crippen LogP contribution in [0.25, 0.3) is 11.7 Å². The van der Waals surface area contributed by atoms with E-state index in [9.17, 15) is 9.59 Å². The van der Waals surface area contributed by atoms with Crippen LogP contribution in [0, 0.1) is 6.92 Å². The number of carbonyl (C=O) groups excluding carboxylic acids is 1. The van der Waals surface area contributed by atoms with Crippen molar-refractivity contribution < 1.29 is 4.79 Å². The summed E-state index contributed by atoms with van der Waals surface area (Å²) in [6.45, 7) is 5.92. The monoisotopic (exact) mass is 467 g/mol. The predicted octanol–water partition coefficient (Wildman–Crippen LogP) is 5.15. The maximum absolute atomic E-state index is 13.4. The molecule has 0 radical (unpaired) electrons. The van der Waals surface area contributed by atoms with Crippen LogP contribution in [0.1, 0.15) is 31.4 Å². The molecule has 8 heteroatoms. The fourth-order valence-corrected chi connectivity index (χ4v) is 5.57. The Morgan fingerprint density at radius 2 is 1.94 bits per heavy atom. The second-order valence-electron chi connectivity index (χ2n) is 7.29. The first-order valence-corrected chi connectivity index (χ1v) is 12.0. The number of thioether (sulfide) groups is 1. The number of rotatable bonds is 5. The highest BCUT2D eigenvalue weighted by atomic mass is 32.2. The number of hydrogen-bond donors (Lipinski definition) is 0. The molecule has 1 unspecified atom stereocenters. The molecule has 0 N–H and O–H groups in total. The second-order valence-corrected chi connectivity index (χ2v) is 10.0. The molecular formula is C23H21N3O2S3. The Bertz CT molecular complexity index is 1270. The molecule has 1 aromatic carbocycles. The Hall–Kier alpha value is -2.42. The van der Waals surface area contributed by atoms with E-state index < -0.39 is 0 Å². The molecule has 2 aromatic heterocycles. The Morgan fingerprint density at radius 1 is 1.19 bits per heavy atom. The minimum Gasteiger partial charge on any atom is -0.290 e. The van der Waals surface area contributed by atoms with Crippen molar-refractivity contribution in [3.05, 3.63) is 75.0 Å². The Morgan fingerprint density at radius 3 is 2.65 bits per heavy atom. The Labute approximate surface area is 194 Å². The highest BCUT2D eigenvalue weighted by Gasteiger charge is 2.35. The first-order valence-electron chi connectivity index (χ1n) is 9.92. The van der Waals surface area contributed by atoms with Crippen molar-refractivity contribution in [2.45, 2.75) is 43.2 Å². The molecule has 0 aliphatic carbocycles. The molecular weight excluding hydrogens is 446 g/mol. The van der Waals surface area contributed by atoms with Gasteiger partial charge >= 0.3 is 0 Å². The van der Waals surface area contributed by atoms with Crippen LogP contribution in [0.2, 0.25) is 0 Å². The molecule has 0 spiro atoms. The number of benzene rings is 1. The fourth-order valence-electron chi connectivity index (χ4n) is 3.21. The lowest BCUT2D eigenvalue weighted by Gasteiger charge is -2.21. The number of pyridine rings is 1. The number of aryl methyl sites for hydroxylation is 1. The van der Waals surface area contributed by atoms with Crippen LogP contribution < -0.4 is 5.56 Å². The summed E-state index contributed by atoms with van der Waals surface area (Å²) in [5, 5.41) is 0.564. The summed E-state index contributed by atoms with van der Waals surface area (Å²) in [7, 11) is 0. The van der Waals surface area contributed by atoms with Gasteiger partial charge in [-0.05, 0) is 50.1 Å². The van der Waals surface area contributed by atoms with Crippen molar-refractivity contribution >= 4 is 57.7 Å². The van der Waals surface area contributed by atoms with Gasteiger partial charge in [0.05, 0.1) is 10.5 Å². The topological polar surface area (TPSA) is 54.7 Å². The molecule has 3 aromatic rings. The van der Waals surface area contributed by atoms with Crippen molar-refractivity contribution in [3.63, 3.8) is 0 Å². The van der Waals surface area contributed by atoms with Gasteiger partial charge in [-0.25, -0.2) is 4.98 Å². The number of carbonyl (C=O) groups is 1. The van der Waals surface area contributed by atoms with E-state index >= 15 is 0 Å². The second kappa shape index (κ2) is 8.98. The van der Waals surface area contributed by atoms with Gasteiger partial charge in [0.25, 0.3) is 11.5 Å². The van der Waals surface area contributed by atoms with E-state index in [4.69, 9.17) is 17.2 Å². The van der Waals surface area contributed by atoms with E-state index in [-0.39, 0.29) is 17.5 Å². The van der Waals surface area contributed by atoms with Gasteiger partial charge in [0.1, 0.15) is 15.0 Å². The maximum Gasteiger partial charge on any atom is 0.266 e. The van der Waals surface area contributed by atoms with Crippen LogP contribution in [0.15, 0.2) is 68.3 Å². The third-order valence-corrected chi connectivity index (χ3v) is 7.40. The van der Waals surface area contributed by atoms with Crippen LogP contribution in [0.3, 0.4) is 0 Å². The van der Waals surface area contributed by atoms with Crippen LogP contribution in [-0.4, -0.2) is 30.6 Å². The van der Waals surface area contributed by atoms with Gasteiger partial charge in [-0.1, -0.05) is 66.9 Å². The lowest BCUT2D eigenvalue weighted by atomic mass is 10.2. The summed E-state index contributed by atoms with van der Waals surface area (Å²) in [5.74, 6) is -0.159. The molecule has 1 amide bonds. The van der Waals surface area contributed by atoms with E-state index in [0.717, 1.165) is 16.9 Å². The van der Waals surface area contributed by atoms with Crippen molar-refractivity contribution in [1.82, 2.24) is 14.3 Å². The molecule has 1 aliphatic rings. The van der Waals surface area contributed by atoms with E-state index in [0.29, 0.717) is 25.5 Å². The number of nitrogens with zero attached hydrogens (tertiary/aromatic N) is 3. The normalized spacial score (nSPS) is 16.5. The summed E-state index contributed by atoms with van der Waals surface area (Å²) in [6, 6.07) is 13.5. The summed E-state index contributed by atoms with van der Waals surface area (Å²) >= 11 is 8.09. The lowest BCUT2D eigenvalue weighted by molar-refractivity contribution is -0.123. The minimum absolute atomic E-state index is 0.00930. The average molecular weight is 468 g/mol. The zero-order chi connectivity index (χ0) is 22.1. The van der Waals surface area contributed by atoms with Crippen molar-refractivity contribution in [2.24, 2.45) is 0 Å². The van der Waals surface area contributed by atoms with E-state index in [1.54, 1.807) is 17.2 Å². The maximum atomic E-state index is 13.4. The number of thiocarbonyl (C=S) groups is 1. The van der Waals surface area contributed by atoms with Crippen molar-refractivity contribution in [3.8, 4) is 0 Å². The Balaban J connectivity index is 1.87. The molecule has 1 saturated heterocycles. The first-order chi connectivity index (χ1) is 14.9. The van der Waals surface area contributed by atoms with Crippen LogP contribution >= 0.6 is 35.7 Å². The van der Waals surface area contributed by atoms with Crippen LogP contribution in [0.4, 0.5) is 0 Å².